The molecule has 3 N–H and O–H groups in total. The number of hydrogen-bond donors (Lipinski definition) is 3. The van der Waals surface area contributed by atoms with Crippen molar-refractivity contribution in [3.8, 4) is 0 Å². The molecule has 2 heterocycles. The molecule has 0 unspecified atom stereocenters. The van der Waals surface area contributed by atoms with Gasteiger partial charge in [0.15, 0.2) is 0 Å². The molecule has 0 atom stereocenters. The number of nitrogens with zero attached hydrogens (tertiary/aromatic N) is 2. The highest BCUT2D eigenvalue weighted by Crippen LogP contribution is 2.20. The van der Waals surface area contributed by atoms with Crippen LogP contribution in [-0.2, 0) is 4.79 Å². The van der Waals surface area contributed by atoms with Gasteiger partial charge in [-0.15, -0.1) is 0 Å². The van der Waals surface area contributed by atoms with Gasteiger partial charge in [-0.3, -0.25) is 4.79 Å². The average Bonchev–Trinajstić information content (AvgIpc) is 2.74. The second kappa shape index (κ2) is 12.0. The smallest absolute Gasteiger partial charge is 0.221 e. The zero-order valence-corrected chi connectivity index (χ0v) is 19.5. The number of amides is 1. The largest absolute Gasteiger partial charge is 0.370 e. The van der Waals surface area contributed by atoms with Gasteiger partial charge in [0.1, 0.15) is 11.6 Å². The lowest BCUT2D eigenvalue weighted by molar-refractivity contribution is -0.114. The summed E-state index contributed by atoms with van der Waals surface area (Å²) in [6, 6.07) is 19.8. The number of hydrogen-bond acceptors (Lipinski definition) is 5. The van der Waals surface area contributed by atoms with Crippen LogP contribution in [0.5, 0.6) is 0 Å². The fourth-order valence-electron chi connectivity index (χ4n) is 3.06. The summed E-state index contributed by atoms with van der Waals surface area (Å²) < 4.78 is 1.09. The third-order valence-corrected chi connectivity index (χ3v) is 4.87. The molecule has 4 rings (SSSR count). The summed E-state index contributed by atoms with van der Waals surface area (Å²) in [5.74, 6) is 1.73. The van der Waals surface area contributed by atoms with E-state index in [2.05, 4.69) is 60.9 Å². The van der Waals surface area contributed by atoms with Gasteiger partial charge in [-0.2, -0.15) is 0 Å². The van der Waals surface area contributed by atoms with Gasteiger partial charge in [-0.25, -0.2) is 9.97 Å². The Morgan fingerprint density at radius 2 is 1.34 bits per heavy atom. The van der Waals surface area contributed by atoms with Crippen LogP contribution in [0.4, 0.5) is 17.3 Å². The Balaban J connectivity index is 0.000000224. The number of aromatic nitrogens is 2. The molecule has 0 radical (unpaired) electrons. The first kappa shape index (κ1) is 25.1. The molecule has 0 aliphatic heterocycles. The molecular weight excluding hydrogens is 466 g/mol. The van der Waals surface area contributed by atoms with Crippen molar-refractivity contribution in [3.05, 3.63) is 65.1 Å². The highest BCUT2D eigenvalue weighted by molar-refractivity contribution is 9.10. The first-order valence-electron chi connectivity index (χ1n) is 10.2. The number of pyridine rings is 2. The summed E-state index contributed by atoms with van der Waals surface area (Å²) in [5, 5.41) is 11.3. The Kier molecular flexibility index (Phi) is 9.40. The van der Waals surface area contributed by atoms with Gasteiger partial charge in [0.2, 0.25) is 5.91 Å². The third kappa shape index (κ3) is 6.92. The van der Waals surface area contributed by atoms with E-state index in [1.165, 1.54) is 6.92 Å². The monoisotopic (exact) mass is 495 g/mol. The predicted molar refractivity (Wildman–Crippen MR) is 141 cm³/mol. The van der Waals surface area contributed by atoms with Crippen molar-refractivity contribution < 1.29 is 4.79 Å². The number of carbonyl (C=O) groups is 1. The fourth-order valence-corrected chi connectivity index (χ4v) is 3.44. The molecule has 0 aliphatic carbocycles. The zero-order valence-electron chi connectivity index (χ0n) is 17.9. The predicted octanol–water partition coefficient (Wildman–Crippen LogP) is 6.69. The van der Waals surface area contributed by atoms with E-state index in [1.807, 2.05) is 55.5 Å². The number of rotatable bonds is 5. The summed E-state index contributed by atoms with van der Waals surface area (Å²) in [6.07, 6.45) is 0. The van der Waals surface area contributed by atoms with Crippen LogP contribution in [0.15, 0.2) is 65.1 Å². The molecule has 0 aliphatic rings. The summed E-state index contributed by atoms with van der Waals surface area (Å²) in [6.45, 7) is 7.34. The van der Waals surface area contributed by atoms with Crippen LogP contribution >= 0.6 is 15.9 Å². The van der Waals surface area contributed by atoms with Crippen LogP contribution in [-0.4, -0.2) is 29.0 Å². The van der Waals surface area contributed by atoms with Crippen LogP contribution in [0.25, 0.3) is 21.8 Å². The lowest BCUT2D eigenvalue weighted by Crippen LogP contribution is -2.05. The van der Waals surface area contributed by atoms with E-state index in [1.54, 1.807) is 0 Å². The van der Waals surface area contributed by atoms with Crippen LogP contribution in [0.3, 0.4) is 0 Å². The van der Waals surface area contributed by atoms with Crippen molar-refractivity contribution in [3.63, 3.8) is 0 Å². The number of anilines is 3. The van der Waals surface area contributed by atoms with Gasteiger partial charge in [0.25, 0.3) is 0 Å². The average molecular weight is 496 g/mol. The van der Waals surface area contributed by atoms with E-state index < -0.39 is 0 Å². The molecule has 4 aromatic rings. The number of fused-ring (bicyclic) bond motifs is 2. The standard InChI is InChI=1S/C13H15N3O.C11H11BrN2.CH4/c1-3-14-13-7-4-10-8-11(15-9(2)17)5-6-12(10)16-13;1-2-13-11-6-3-8-7-9(12)4-5-10(8)14-11;/h4-8H,3H2,1-2H3,(H,14,16)(H,15,17);3-7H,2H2,1H3,(H,13,14);1H4. The van der Waals surface area contributed by atoms with E-state index in [4.69, 9.17) is 0 Å². The highest BCUT2D eigenvalue weighted by atomic mass is 79.9. The van der Waals surface area contributed by atoms with Crippen molar-refractivity contribution in [2.45, 2.75) is 28.2 Å². The van der Waals surface area contributed by atoms with Crippen LogP contribution in [0.2, 0.25) is 0 Å². The minimum atomic E-state index is -0.0680. The molecule has 0 fully saturated rings. The molecule has 0 spiro atoms. The van der Waals surface area contributed by atoms with E-state index in [0.29, 0.717) is 0 Å². The normalized spacial score (nSPS) is 10.0. The number of benzene rings is 2. The molecule has 6 nitrogen and oxygen atoms in total. The molecule has 168 valence electrons. The Labute approximate surface area is 198 Å². The lowest BCUT2D eigenvalue weighted by atomic mass is 10.2. The molecule has 1 amide bonds. The Morgan fingerprint density at radius 3 is 1.88 bits per heavy atom. The molecule has 0 bridgehead atoms. The third-order valence-electron chi connectivity index (χ3n) is 4.38. The summed E-state index contributed by atoms with van der Waals surface area (Å²) in [7, 11) is 0. The quantitative estimate of drug-likeness (QED) is 0.287. The summed E-state index contributed by atoms with van der Waals surface area (Å²) >= 11 is 3.44. The zero-order chi connectivity index (χ0) is 22.2. The maximum absolute atomic E-state index is 11.0. The number of nitrogens with one attached hydrogen (secondary N) is 3. The Hall–Kier alpha value is -3.19. The van der Waals surface area contributed by atoms with Gasteiger partial charge in [0, 0.05) is 40.9 Å². The number of halogens is 1. The summed E-state index contributed by atoms with van der Waals surface area (Å²) in [4.78, 5) is 19.9. The van der Waals surface area contributed by atoms with Gasteiger partial charge in [-0.05, 0) is 74.5 Å². The second-order valence-electron chi connectivity index (χ2n) is 6.88. The second-order valence-corrected chi connectivity index (χ2v) is 7.80. The van der Waals surface area contributed by atoms with Crippen molar-refractivity contribution in [2.75, 3.05) is 29.0 Å². The van der Waals surface area contributed by atoms with E-state index in [0.717, 1.165) is 56.7 Å². The SMILES string of the molecule is C.CCNc1ccc2cc(Br)ccc2n1.CCNc1ccc2cc(NC(C)=O)ccc2n1. The van der Waals surface area contributed by atoms with Gasteiger partial charge >= 0.3 is 0 Å². The van der Waals surface area contributed by atoms with Gasteiger partial charge in [0.05, 0.1) is 11.0 Å². The minimum absolute atomic E-state index is 0. The van der Waals surface area contributed by atoms with Crippen LogP contribution < -0.4 is 16.0 Å². The lowest BCUT2D eigenvalue weighted by Gasteiger charge is -2.06. The van der Waals surface area contributed by atoms with E-state index in [-0.39, 0.29) is 13.3 Å². The van der Waals surface area contributed by atoms with Crippen molar-refractivity contribution in [1.82, 2.24) is 9.97 Å². The summed E-state index contributed by atoms with van der Waals surface area (Å²) in [5.41, 5.74) is 2.73. The first-order valence-corrected chi connectivity index (χ1v) is 11.0. The van der Waals surface area contributed by atoms with Crippen LogP contribution in [0.1, 0.15) is 28.2 Å². The van der Waals surface area contributed by atoms with Gasteiger partial charge in [-0.1, -0.05) is 23.4 Å². The first-order chi connectivity index (χ1) is 15.0. The van der Waals surface area contributed by atoms with Crippen LogP contribution in [0, 0.1) is 0 Å². The highest BCUT2D eigenvalue weighted by Gasteiger charge is 2.01. The Morgan fingerprint density at radius 1 is 0.812 bits per heavy atom. The Bertz CT molecular complexity index is 1200. The molecule has 0 saturated heterocycles. The molecule has 2 aromatic heterocycles. The fraction of sp³-hybridized carbons (Fsp3) is 0.240. The maximum atomic E-state index is 11.0. The van der Waals surface area contributed by atoms with Crippen molar-refractivity contribution >= 4 is 61.0 Å². The van der Waals surface area contributed by atoms with Crippen molar-refractivity contribution in [2.24, 2.45) is 0 Å². The molecule has 2 aromatic carbocycles. The molecular formula is C25H30BrN5O. The molecule has 7 heteroatoms. The topological polar surface area (TPSA) is 78.9 Å². The van der Waals surface area contributed by atoms with Gasteiger partial charge < -0.3 is 16.0 Å². The van der Waals surface area contributed by atoms with Crippen molar-refractivity contribution in [1.29, 1.82) is 0 Å². The number of carbonyl (C=O) groups excluding carboxylic acids is 1. The van der Waals surface area contributed by atoms with E-state index in [9.17, 15) is 4.79 Å². The maximum Gasteiger partial charge on any atom is 0.221 e. The van der Waals surface area contributed by atoms with E-state index >= 15 is 0 Å². The molecule has 32 heavy (non-hydrogen) atoms. The minimum Gasteiger partial charge on any atom is -0.370 e. The molecule has 0 saturated carbocycles.